The van der Waals surface area contributed by atoms with Gasteiger partial charge < -0.3 is 4.42 Å². The molecule has 2 heterocycles. The fourth-order valence-electron chi connectivity index (χ4n) is 3.03. The molecular formula is C19H11NOS. The van der Waals surface area contributed by atoms with Crippen molar-refractivity contribution >= 4 is 44.0 Å². The number of hydrogen-bond acceptors (Lipinski definition) is 3. The van der Waals surface area contributed by atoms with E-state index in [1.165, 1.54) is 10.8 Å². The maximum atomic E-state index is 6.13. The zero-order chi connectivity index (χ0) is 14.5. The Morgan fingerprint density at radius 3 is 2.14 bits per heavy atom. The van der Waals surface area contributed by atoms with Gasteiger partial charge >= 0.3 is 0 Å². The van der Waals surface area contributed by atoms with E-state index in [9.17, 15) is 0 Å². The van der Waals surface area contributed by atoms with Gasteiger partial charge in [0, 0.05) is 10.8 Å². The Balaban J connectivity index is 2.03. The van der Waals surface area contributed by atoms with Crippen LogP contribution in [0.2, 0.25) is 0 Å². The highest BCUT2D eigenvalue weighted by molar-refractivity contribution is 7.13. The van der Waals surface area contributed by atoms with Gasteiger partial charge in [0.25, 0.3) is 0 Å². The van der Waals surface area contributed by atoms with Crippen molar-refractivity contribution in [3.63, 3.8) is 0 Å². The highest BCUT2D eigenvalue weighted by Gasteiger charge is 2.15. The van der Waals surface area contributed by atoms with Gasteiger partial charge in [-0.15, -0.1) is 11.3 Å². The van der Waals surface area contributed by atoms with E-state index in [2.05, 4.69) is 42.5 Å². The molecule has 0 aliphatic rings. The van der Waals surface area contributed by atoms with Gasteiger partial charge in [-0.05, 0) is 22.2 Å². The van der Waals surface area contributed by atoms with Gasteiger partial charge in [-0.25, -0.2) is 4.98 Å². The van der Waals surface area contributed by atoms with Crippen molar-refractivity contribution in [2.45, 2.75) is 0 Å². The molecular weight excluding hydrogens is 290 g/mol. The Labute approximate surface area is 130 Å². The number of benzene rings is 3. The van der Waals surface area contributed by atoms with Crippen LogP contribution in [0.1, 0.15) is 0 Å². The van der Waals surface area contributed by atoms with Crippen molar-refractivity contribution in [1.82, 2.24) is 4.98 Å². The number of rotatable bonds is 1. The van der Waals surface area contributed by atoms with E-state index < -0.39 is 0 Å². The summed E-state index contributed by atoms with van der Waals surface area (Å²) in [6.07, 6.45) is 0. The lowest BCUT2D eigenvalue weighted by molar-refractivity contribution is 0.625. The predicted octanol–water partition coefficient (Wildman–Crippen LogP) is 5.86. The van der Waals surface area contributed by atoms with E-state index in [0.717, 1.165) is 26.7 Å². The molecule has 0 unspecified atom stereocenters. The van der Waals surface area contributed by atoms with E-state index in [-0.39, 0.29) is 0 Å². The number of hydrogen-bond donors (Lipinski definition) is 0. The Morgan fingerprint density at radius 1 is 0.727 bits per heavy atom. The lowest BCUT2D eigenvalue weighted by atomic mass is 10.0. The summed E-state index contributed by atoms with van der Waals surface area (Å²) in [6, 6.07) is 20.8. The molecule has 0 radical (unpaired) electrons. The first kappa shape index (κ1) is 12.0. The smallest absolute Gasteiger partial charge is 0.237 e. The van der Waals surface area contributed by atoms with Crippen molar-refractivity contribution in [1.29, 1.82) is 0 Å². The van der Waals surface area contributed by atoms with Crippen LogP contribution >= 0.6 is 11.3 Å². The van der Waals surface area contributed by atoms with E-state index in [4.69, 9.17) is 9.40 Å². The first-order chi connectivity index (χ1) is 10.9. The molecule has 2 aromatic heterocycles. The van der Waals surface area contributed by atoms with Crippen LogP contribution in [0.3, 0.4) is 0 Å². The molecule has 5 rings (SSSR count). The molecule has 2 nitrogen and oxygen atoms in total. The quantitative estimate of drug-likeness (QED) is 0.362. The van der Waals surface area contributed by atoms with Gasteiger partial charge in [0.2, 0.25) is 5.89 Å². The monoisotopic (exact) mass is 301 g/mol. The van der Waals surface area contributed by atoms with Gasteiger partial charge in [0.1, 0.15) is 5.52 Å². The fraction of sp³-hybridized carbons (Fsp3) is 0. The van der Waals surface area contributed by atoms with E-state index in [0.29, 0.717) is 5.89 Å². The van der Waals surface area contributed by atoms with Crippen molar-refractivity contribution in [3.05, 3.63) is 66.0 Å². The molecule has 0 saturated heterocycles. The molecule has 104 valence electrons. The fourth-order valence-corrected chi connectivity index (χ4v) is 3.68. The number of aromatic nitrogens is 1. The van der Waals surface area contributed by atoms with Gasteiger partial charge in [-0.3, -0.25) is 0 Å². The largest absolute Gasteiger partial charge is 0.435 e. The summed E-state index contributed by atoms with van der Waals surface area (Å²) in [5.74, 6) is 0.700. The first-order valence-electron chi connectivity index (χ1n) is 7.16. The van der Waals surface area contributed by atoms with Gasteiger partial charge in [0.15, 0.2) is 5.58 Å². The minimum atomic E-state index is 0.700. The molecule has 0 bridgehead atoms. The Morgan fingerprint density at radius 2 is 1.41 bits per heavy atom. The minimum Gasteiger partial charge on any atom is -0.435 e. The van der Waals surface area contributed by atoms with E-state index >= 15 is 0 Å². The third-order valence-corrected chi connectivity index (χ3v) is 4.86. The Kier molecular flexibility index (Phi) is 2.40. The maximum absolute atomic E-state index is 6.13. The number of fused-ring (bicyclic) bond motifs is 6. The average molecular weight is 301 g/mol. The molecule has 0 aliphatic carbocycles. The average Bonchev–Trinajstić information content (AvgIpc) is 3.24. The topological polar surface area (TPSA) is 26.0 Å². The highest BCUT2D eigenvalue weighted by Crippen LogP contribution is 2.37. The second kappa shape index (κ2) is 4.42. The summed E-state index contributed by atoms with van der Waals surface area (Å²) in [5.41, 5.74) is 1.82. The third kappa shape index (κ3) is 1.57. The molecule has 22 heavy (non-hydrogen) atoms. The second-order valence-corrected chi connectivity index (χ2v) is 6.21. The molecule has 3 aromatic carbocycles. The molecule has 5 aromatic rings. The van der Waals surface area contributed by atoms with Gasteiger partial charge in [0.05, 0.1) is 4.88 Å². The number of nitrogens with zero attached hydrogens (tertiary/aromatic N) is 1. The second-order valence-electron chi connectivity index (χ2n) is 5.27. The zero-order valence-electron chi connectivity index (χ0n) is 11.6. The predicted molar refractivity (Wildman–Crippen MR) is 92.3 cm³/mol. The summed E-state index contributed by atoms with van der Waals surface area (Å²) in [6.45, 7) is 0. The summed E-state index contributed by atoms with van der Waals surface area (Å²) >= 11 is 1.65. The summed E-state index contributed by atoms with van der Waals surface area (Å²) < 4.78 is 6.13. The van der Waals surface area contributed by atoms with Crippen LogP contribution in [-0.2, 0) is 0 Å². The summed E-state index contributed by atoms with van der Waals surface area (Å²) in [7, 11) is 0. The van der Waals surface area contributed by atoms with Crippen molar-refractivity contribution < 1.29 is 4.42 Å². The van der Waals surface area contributed by atoms with Crippen LogP contribution in [0.4, 0.5) is 0 Å². The number of thiophene rings is 1. The lowest BCUT2D eigenvalue weighted by Crippen LogP contribution is -1.80. The molecule has 0 amide bonds. The van der Waals surface area contributed by atoms with Crippen LogP contribution in [0.25, 0.3) is 43.4 Å². The Hall–Kier alpha value is -2.65. The molecule has 0 fully saturated rings. The SMILES string of the molecule is c1csc(-c2nc3c4ccccc4c4ccccc4c3o2)c1. The van der Waals surface area contributed by atoms with Crippen LogP contribution in [0, 0.1) is 0 Å². The first-order valence-corrected chi connectivity index (χ1v) is 8.03. The molecule has 3 heteroatoms. The minimum absolute atomic E-state index is 0.700. The van der Waals surface area contributed by atoms with Crippen molar-refractivity contribution in [2.75, 3.05) is 0 Å². The van der Waals surface area contributed by atoms with Crippen molar-refractivity contribution in [2.24, 2.45) is 0 Å². The maximum Gasteiger partial charge on any atom is 0.237 e. The van der Waals surface area contributed by atoms with Crippen LogP contribution < -0.4 is 0 Å². The van der Waals surface area contributed by atoms with Crippen LogP contribution in [0.5, 0.6) is 0 Å². The highest BCUT2D eigenvalue weighted by atomic mass is 32.1. The lowest BCUT2D eigenvalue weighted by Gasteiger charge is -2.04. The standard InChI is InChI=1S/C19H11NOS/c1-3-8-14-12(6-1)13-7-2-4-9-15(13)18-17(14)20-19(21-18)16-10-5-11-22-16/h1-11H. The molecule has 0 aliphatic heterocycles. The van der Waals surface area contributed by atoms with E-state index in [1.807, 2.05) is 23.6 Å². The molecule has 0 saturated carbocycles. The Bertz CT molecular complexity index is 1050. The van der Waals surface area contributed by atoms with Crippen LogP contribution in [-0.4, -0.2) is 4.98 Å². The molecule has 0 spiro atoms. The number of oxazole rings is 1. The van der Waals surface area contributed by atoms with Crippen LogP contribution in [0.15, 0.2) is 70.5 Å². The normalized spacial score (nSPS) is 11.6. The molecule has 0 atom stereocenters. The zero-order valence-corrected chi connectivity index (χ0v) is 12.4. The third-order valence-electron chi connectivity index (χ3n) is 4.00. The summed E-state index contributed by atoms with van der Waals surface area (Å²) in [4.78, 5) is 5.84. The molecule has 0 N–H and O–H groups in total. The van der Waals surface area contributed by atoms with Crippen molar-refractivity contribution in [3.8, 4) is 10.8 Å². The summed E-state index contributed by atoms with van der Waals surface area (Å²) in [5, 5.41) is 6.73. The van der Waals surface area contributed by atoms with Gasteiger partial charge in [-0.1, -0.05) is 54.6 Å². The van der Waals surface area contributed by atoms with E-state index in [1.54, 1.807) is 11.3 Å². The van der Waals surface area contributed by atoms with Gasteiger partial charge in [-0.2, -0.15) is 0 Å².